The maximum atomic E-state index is 13.3. The van der Waals surface area contributed by atoms with Crippen LogP contribution in [0.2, 0.25) is 0 Å². The zero-order valence-electron chi connectivity index (χ0n) is 76.6. The predicted molar refractivity (Wildman–Crippen MR) is 527 cm³/mol. The van der Waals surface area contributed by atoms with Crippen molar-refractivity contribution in [3.8, 4) is 67.5 Å². The first kappa shape index (κ1) is 97.0. The van der Waals surface area contributed by atoms with Gasteiger partial charge in [-0.2, -0.15) is 0 Å². The highest BCUT2D eigenvalue weighted by molar-refractivity contribution is 6.46. The number of fused-ring (bicyclic) bond motifs is 4. The molecular weight excluding hydrogens is 1780 g/mol. The number of ketones is 4. The highest BCUT2D eigenvalue weighted by Gasteiger charge is 2.38. The van der Waals surface area contributed by atoms with E-state index in [2.05, 4.69) is 48.5 Å². The highest BCUT2D eigenvalue weighted by atomic mass is 16.5. The molecule has 0 aliphatic heterocycles. The average Bonchev–Trinajstić information content (AvgIpc) is 1.59. The van der Waals surface area contributed by atoms with Gasteiger partial charge in [0.25, 0.3) is 46.8 Å². The Hall–Kier alpha value is -17.6. The number of carboxylic acids is 4. The molecule has 8 aromatic heterocycles. The number of carbonyl (C=O) groups is 12. The maximum absolute atomic E-state index is 13.3. The van der Waals surface area contributed by atoms with Crippen LogP contribution in [0.25, 0.3) is 66.6 Å². The van der Waals surface area contributed by atoms with E-state index < -0.39 is 97.1 Å². The molecule has 0 unspecified atom stereocenters. The normalized spacial score (nSPS) is 12.3. The van der Waals surface area contributed by atoms with Crippen LogP contribution < -0.4 is 41.9 Å². The molecule has 0 radical (unpaired) electrons. The Morgan fingerprint density at radius 1 is 0.286 bits per heavy atom. The molecule has 708 valence electrons. The number of hydrogen-bond donors (Lipinski definition) is 8. The number of primary amides is 4. The fourth-order valence-corrected chi connectivity index (χ4v) is 19.2. The van der Waals surface area contributed by atoms with Gasteiger partial charge in [-0.3, -0.25) is 38.4 Å². The number of aliphatic carboxylic acids is 4. The number of benzene rings is 8. The van der Waals surface area contributed by atoms with Crippen molar-refractivity contribution < 1.29 is 96.9 Å². The summed E-state index contributed by atoms with van der Waals surface area (Å²) in [5.41, 5.74) is 42.7. The Bertz CT molecular complexity index is 7260. The summed E-state index contributed by atoms with van der Waals surface area (Å²) in [6, 6.07) is 85.7. The van der Waals surface area contributed by atoms with Crippen molar-refractivity contribution >= 4 is 92.7 Å². The number of carbonyl (C=O) groups excluding carboxylic acids is 8. The van der Waals surface area contributed by atoms with Gasteiger partial charge >= 0.3 is 23.9 Å². The van der Waals surface area contributed by atoms with Crippen molar-refractivity contribution in [2.75, 3.05) is 26.4 Å². The van der Waals surface area contributed by atoms with Gasteiger partial charge in [0.1, 0.15) is 23.0 Å². The van der Waals surface area contributed by atoms with E-state index in [4.69, 9.17) is 52.1 Å². The molecule has 8 aromatic carbocycles. The van der Waals surface area contributed by atoms with Crippen LogP contribution in [0.15, 0.2) is 292 Å². The van der Waals surface area contributed by atoms with Gasteiger partial charge in [0.15, 0.2) is 26.4 Å². The molecule has 28 nitrogen and oxygen atoms in total. The second-order valence-corrected chi connectivity index (χ2v) is 34.0. The quantitative estimate of drug-likeness (QED) is 0.0137. The smallest absolute Gasteiger partial charge is 0.341 e. The molecule has 8 heterocycles. The van der Waals surface area contributed by atoms with Gasteiger partial charge < -0.3 is 79.9 Å². The SMILES string of the molecule is Cc1c(C(=O)C(N)=O)c2c(OCC(=O)O)cccn2c1Cc1ccccc1-c1ccccc1.Cc1c(C(=O)C(N)=O)c2c(OCC(=O)O)cccn2c1Cc1ccccc1-c1ccccc1.NC(=O)C(=O)c1c(C2CCCC2)c(Cc2cccc(-c3ccccc3)c2)n2cccc(OCC(=O)O)c12.NC(=O)C(=O)c1c(C2CCCC2)c(Cc2ccccc2-c2ccccc2)n2cccc(OCC(=O)O)c12. The molecule has 2 fully saturated rings. The van der Waals surface area contributed by atoms with E-state index in [0.29, 0.717) is 58.9 Å². The number of ether oxygens (including phenoxy) is 4. The summed E-state index contributed by atoms with van der Waals surface area (Å²) in [4.78, 5) is 145. The lowest BCUT2D eigenvalue weighted by atomic mass is 9.88. The predicted octanol–water partition coefficient (Wildman–Crippen LogP) is 17.2. The zero-order valence-corrected chi connectivity index (χ0v) is 76.6. The second-order valence-electron chi connectivity index (χ2n) is 34.0. The number of Topliss-reactive ketones (excluding diaryl/α,β-unsaturated/α-hetero) is 4. The largest absolute Gasteiger partial charge is 0.480 e. The summed E-state index contributed by atoms with van der Waals surface area (Å²) in [6.07, 6.45) is 16.9. The van der Waals surface area contributed by atoms with Crippen molar-refractivity contribution in [3.63, 3.8) is 0 Å². The topological polar surface area (TPSA) is 444 Å². The number of hydrogen-bond acceptors (Lipinski definition) is 16. The number of amides is 4. The van der Waals surface area contributed by atoms with E-state index in [-0.39, 0.29) is 57.1 Å². The first-order valence-corrected chi connectivity index (χ1v) is 45.5. The number of rotatable bonds is 34. The molecular formula is C112H100N8O20. The summed E-state index contributed by atoms with van der Waals surface area (Å²) in [6.45, 7) is 1.21. The number of pyridine rings is 4. The maximum Gasteiger partial charge on any atom is 0.341 e. The molecule has 2 aliphatic rings. The summed E-state index contributed by atoms with van der Waals surface area (Å²) in [5.74, 6) is -11.1. The van der Waals surface area contributed by atoms with Gasteiger partial charge in [0.2, 0.25) is 0 Å². The Morgan fingerprint density at radius 3 is 0.850 bits per heavy atom. The van der Waals surface area contributed by atoms with E-state index in [9.17, 15) is 67.7 Å². The fourth-order valence-electron chi connectivity index (χ4n) is 19.2. The zero-order chi connectivity index (χ0) is 99.0. The summed E-state index contributed by atoms with van der Waals surface area (Å²) < 4.78 is 29.3. The van der Waals surface area contributed by atoms with Crippen molar-refractivity contribution in [3.05, 3.63) is 381 Å². The molecule has 0 spiro atoms. The van der Waals surface area contributed by atoms with E-state index in [1.54, 1.807) is 83.6 Å². The van der Waals surface area contributed by atoms with Crippen LogP contribution in [0.5, 0.6) is 23.0 Å². The number of carboxylic acid groups (broad SMARTS) is 4. The van der Waals surface area contributed by atoms with Crippen LogP contribution in [0.4, 0.5) is 0 Å². The first-order valence-electron chi connectivity index (χ1n) is 45.5. The van der Waals surface area contributed by atoms with E-state index in [0.717, 1.165) is 152 Å². The molecule has 16 aromatic rings. The lowest BCUT2D eigenvalue weighted by molar-refractivity contribution is -0.140. The van der Waals surface area contributed by atoms with Gasteiger partial charge in [0.05, 0.1) is 44.3 Å². The monoisotopic (exact) mass is 1880 g/mol. The van der Waals surface area contributed by atoms with Crippen molar-refractivity contribution in [1.82, 2.24) is 17.6 Å². The molecule has 2 saturated carbocycles. The Labute approximate surface area is 803 Å². The third-order valence-electron chi connectivity index (χ3n) is 25.2. The minimum atomic E-state index is -1.15. The van der Waals surface area contributed by atoms with Crippen molar-refractivity contribution in [1.29, 1.82) is 0 Å². The molecule has 18 rings (SSSR count). The Kier molecular flexibility index (Phi) is 30.4. The molecule has 0 atom stereocenters. The summed E-state index contributed by atoms with van der Waals surface area (Å²) in [7, 11) is 0. The van der Waals surface area contributed by atoms with Crippen LogP contribution in [0.1, 0.15) is 172 Å². The third-order valence-corrected chi connectivity index (χ3v) is 25.2. The fraction of sp³-hybridized carbons (Fsp3) is 0.179. The summed E-state index contributed by atoms with van der Waals surface area (Å²) in [5, 5.41) is 36.5. The van der Waals surface area contributed by atoms with Crippen LogP contribution in [-0.2, 0) is 64.0 Å². The van der Waals surface area contributed by atoms with E-state index in [1.165, 1.54) is 0 Å². The standard InChI is InChI=1S/2C30H28N2O5.2C26H22N2O5/c31-30(36)29(35)27-26(21-11-4-5-12-21)23(32-15-7-14-24(28(27)32)37-18-25(33)34)17-19-8-6-13-22(16-19)20-9-2-1-3-10-20;31-30(36)29(35)27-26(20-11-4-5-12-20)23(32-16-8-15-24(28(27)32)37-18-25(33)34)17-21-13-6-7-14-22(21)19-9-2-1-3-10-19;2*1-16-20(14-18-10-5-6-11-19(18)17-8-3-2-4-9-17)28-13-7-12-21(33-15-22(29)30)24(28)23(16)25(31)26(27)32/h1-3,6-10,13-16,21H,4-5,11-12,17-18H2,(H2,31,36)(H,33,34);1-3,6-10,13-16,20H,4-5,11-12,17-18H2,(H2,31,36)(H,33,34);2*2-13H,14-15H2,1H3,(H2,27,32)(H,29,30). The van der Waals surface area contributed by atoms with Crippen molar-refractivity contribution in [2.45, 2.75) is 103 Å². The van der Waals surface area contributed by atoms with Gasteiger partial charge in [-0.25, -0.2) is 19.2 Å². The van der Waals surface area contributed by atoms with E-state index >= 15 is 0 Å². The van der Waals surface area contributed by atoms with Gasteiger partial charge in [0, 0.05) is 73.2 Å². The minimum absolute atomic E-state index is 0.0874. The molecule has 28 heteroatoms. The Morgan fingerprint density at radius 2 is 0.543 bits per heavy atom. The van der Waals surface area contributed by atoms with Gasteiger partial charge in [-0.1, -0.05) is 244 Å². The summed E-state index contributed by atoms with van der Waals surface area (Å²) >= 11 is 0. The van der Waals surface area contributed by atoms with Crippen LogP contribution in [-0.4, -0.2) is 135 Å². The number of nitrogens with two attached hydrogens (primary N) is 4. The number of nitrogens with zero attached hydrogens (tertiary/aromatic N) is 4. The average molecular weight is 1880 g/mol. The second kappa shape index (κ2) is 43.8. The van der Waals surface area contributed by atoms with Gasteiger partial charge in [-0.15, -0.1) is 0 Å². The van der Waals surface area contributed by atoms with E-state index in [1.807, 2.05) is 191 Å². The van der Waals surface area contributed by atoms with Crippen LogP contribution >= 0.6 is 0 Å². The lowest BCUT2D eigenvalue weighted by Gasteiger charge is -2.16. The van der Waals surface area contributed by atoms with Crippen LogP contribution in [0, 0.1) is 13.8 Å². The molecule has 2 aliphatic carbocycles. The van der Waals surface area contributed by atoms with Crippen LogP contribution in [0.3, 0.4) is 0 Å². The third kappa shape index (κ3) is 21.4. The Balaban J connectivity index is 0.000000141. The molecule has 140 heavy (non-hydrogen) atoms. The highest BCUT2D eigenvalue weighted by Crippen LogP contribution is 2.47. The molecule has 0 bridgehead atoms. The first-order chi connectivity index (χ1) is 67.6. The molecule has 4 amide bonds. The molecule has 12 N–H and O–H groups in total. The number of aromatic nitrogens is 4. The lowest BCUT2D eigenvalue weighted by Crippen LogP contribution is -2.24. The molecule has 0 saturated heterocycles. The van der Waals surface area contributed by atoms with Gasteiger partial charge in [-0.05, 0) is 189 Å². The minimum Gasteiger partial charge on any atom is -0.480 e. The van der Waals surface area contributed by atoms with Crippen molar-refractivity contribution in [2.24, 2.45) is 22.9 Å².